The van der Waals surface area contributed by atoms with Crippen molar-refractivity contribution in [3.63, 3.8) is 0 Å². The molecule has 1 amide bonds. The average Bonchev–Trinajstić information content (AvgIpc) is 2.61. The van der Waals surface area contributed by atoms with Crippen LogP contribution in [0.1, 0.15) is 22.3 Å². The van der Waals surface area contributed by atoms with E-state index in [-0.39, 0.29) is 5.91 Å². The van der Waals surface area contributed by atoms with E-state index in [1.165, 1.54) is 6.20 Å². The fourth-order valence-corrected chi connectivity index (χ4v) is 1.89. The van der Waals surface area contributed by atoms with Crippen LogP contribution in [0.5, 0.6) is 0 Å². The van der Waals surface area contributed by atoms with Crippen molar-refractivity contribution in [2.24, 2.45) is 5.10 Å². The van der Waals surface area contributed by atoms with Crippen molar-refractivity contribution in [3.05, 3.63) is 59.9 Å². The van der Waals surface area contributed by atoms with Crippen molar-refractivity contribution < 1.29 is 4.79 Å². The Bertz CT molecular complexity index is 704. The normalized spacial score (nSPS) is 10.3. The zero-order valence-electron chi connectivity index (χ0n) is 12.8. The predicted octanol–water partition coefficient (Wildman–Crippen LogP) is 2.20. The fraction of sp³-hybridized carbons (Fsp3) is 0.176. The number of pyridine rings is 1. The maximum absolute atomic E-state index is 11.8. The highest BCUT2D eigenvalue weighted by Gasteiger charge is 2.02. The summed E-state index contributed by atoms with van der Waals surface area (Å²) < 4.78 is 0. The molecule has 0 aliphatic heterocycles. The summed E-state index contributed by atoms with van der Waals surface area (Å²) in [4.78, 5) is 17.7. The Labute approximate surface area is 135 Å². The Hall–Kier alpha value is -3.20. The number of hydrogen-bond donors (Lipinski definition) is 1. The first-order chi connectivity index (χ1) is 11.2. The molecule has 1 aromatic heterocycles. The maximum atomic E-state index is 11.8. The molecule has 0 bridgehead atoms. The topological polar surface area (TPSA) is 81.4 Å². The van der Waals surface area contributed by atoms with E-state index in [2.05, 4.69) is 21.6 Å². The lowest BCUT2D eigenvalue weighted by Gasteiger charge is -2.17. The Morgan fingerprint density at radius 3 is 2.83 bits per heavy atom. The number of nitriles is 1. The van der Waals surface area contributed by atoms with Crippen LogP contribution in [0.3, 0.4) is 0 Å². The molecule has 0 aliphatic rings. The molecule has 0 aliphatic carbocycles. The van der Waals surface area contributed by atoms with Gasteiger partial charge in [0.2, 0.25) is 0 Å². The first kappa shape index (κ1) is 16.2. The van der Waals surface area contributed by atoms with E-state index in [4.69, 9.17) is 5.26 Å². The van der Waals surface area contributed by atoms with E-state index in [0.717, 1.165) is 11.3 Å². The van der Waals surface area contributed by atoms with Gasteiger partial charge in [-0.2, -0.15) is 10.4 Å². The quantitative estimate of drug-likeness (QED) is 0.655. The third-order valence-electron chi connectivity index (χ3n) is 3.20. The number of anilines is 1. The number of hydrogen-bond acceptors (Lipinski definition) is 5. The Morgan fingerprint density at radius 2 is 2.17 bits per heavy atom. The smallest absolute Gasteiger partial charge is 0.272 e. The zero-order valence-corrected chi connectivity index (χ0v) is 12.8. The third kappa shape index (κ3) is 4.93. The van der Waals surface area contributed by atoms with E-state index >= 15 is 0 Å². The number of benzene rings is 1. The second kappa shape index (κ2) is 8.29. The molecule has 0 saturated carbocycles. The molecule has 0 unspecified atom stereocenters. The summed E-state index contributed by atoms with van der Waals surface area (Å²) in [5.74, 6) is -0.304. The van der Waals surface area contributed by atoms with Gasteiger partial charge in [0.15, 0.2) is 0 Å². The van der Waals surface area contributed by atoms with Gasteiger partial charge in [-0.05, 0) is 29.8 Å². The Balaban J connectivity index is 1.91. The molecule has 0 saturated heterocycles. The van der Waals surface area contributed by atoms with E-state index in [9.17, 15) is 4.79 Å². The number of carbonyl (C=O) groups is 1. The second-order valence-electron chi connectivity index (χ2n) is 4.86. The summed E-state index contributed by atoms with van der Waals surface area (Å²) in [5, 5.41) is 12.5. The van der Waals surface area contributed by atoms with Crippen LogP contribution in [0.4, 0.5) is 5.69 Å². The summed E-state index contributed by atoms with van der Waals surface area (Å²) in [5.41, 5.74) is 4.81. The van der Waals surface area contributed by atoms with Gasteiger partial charge in [0.1, 0.15) is 0 Å². The van der Waals surface area contributed by atoms with Gasteiger partial charge in [-0.15, -0.1) is 0 Å². The number of carbonyl (C=O) groups excluding carboxylic acids is 1. The minimum Gasteiger partial charge on any atom is -0.374 e. The molecular weight excluding hydrogens is 290 g/mol. The number of nitrogens with zero attached hydrogens (tertiary/aromatic N) is 4. The highest BCUT2D eigenvalue weighted by Crippen LogP contribution is 2.13. The molecule has 6 nitrogen and oxygen atoms in total. The van der Waals surface area contributed by atoms with Gasteiger partial charge in [-0.3, -0.25) is 9.78 Å². The predicted molar refractivity (Wildman–Crippen MR) is 89.2 cm³/mol. The summed E-state index contributed by atoms with van der Waals surface area (Å²) in [6.45, 7) is 0.686. The molecule has 23 heavy (non-hydrogen) atoms. The van der Waals surface area contributed by atoms with Gasteiger partial charge in [0.25, 0.3) is 5.91 Å². The molecule has 0 spiro atoms. The summed E-state index contributed by atoms with van der Waals surface area (Å²) in [6, 6.07) is 13.2. The van der Waals surface area contributed by atoms with Gasteiger partial charge in [-0.25, -0.2) is 5.43 Å². The first-order valence-corrected chi connectivity index (χ1v) is 7.12. The van der Waals surface area contributed by atoms with E-state index < -0.39 is 0 Å². The molecule has 1 aromatic carbocycles. The summed E-state index contributed by atoms with van der Waals surface area (Å²) in [6.07, 6.45) is 5.15. The lowest BCUT2D eigenvalue weighted by Crippen LogP contribution is -2.18. The van der Waals surface area contributed by atoms with Crippen molar-refractivity contribution >= 4 is 17.8 Å². The van der Waals surface area contributed by atoms with Crippen molar-refractivity contribution in [3.8, 4) is 6.07 Å². The lowest BCUT2D eigenvalue weighted by molar-refractivity contribution is 0.0955. The SMILES string of the molecule is CN(CCC#N)c1ccc(/C=N\NC(=O)c2cccnc2)cc1. The Morgan fingerprint density at radius 1 is 1.39 bits per heavy atom. The van der Waals surface area contributed by atoms with Gasteiger partial charge in [0.05, 0.1) is 24.3 Å². The minimum absolute atomic E-state index is 0.304. The van der Waals surface area contributed by atoms with Gasteiger partial charge in [0, 0.05) is 31.7 Å². The number of amides is 1. The van der Waals surface area contributed by atoms with E-state index in [1.54, 1.807) is 24.5 Å². The largest absolute Gasteiger partial charge is 0.374 e. The molecule has 2 rings (SSSR count). The van der Waals surface area contributed by atoms with Crippen LogP contribution in [0.25, 0.3) is 0 Å². The Kier molecular flexibility index (Phi) is 5.83. The summed E-state index contributed by atoms with van der Waals surface area (Å²) in [7, 11) is 1.94. The molecule has 0 radical (unpaired) electrons. The maximum Gasteiger partial charge on any atom is 0.272 e. The monoisotopic (exact) mass is 307 g/mol. The van der Waals surface area contributed by atoms with Crippen LogP contribution < -0.4 is 10.3 Å². The van der Waals surface area contributed by atoms with Gasteiger partial charge >= 0.3 is 0 Å². The number of hydrazone groups is 1. The fourth-order valence-electron chi connectivity index (χ4n) is 1.89. The average molecular weight is 307 g/mol. The molecule has 1 heterocycles. The van der Waals surface area contributed by atoms with Crippen LogP contribution in [-0.2, 0) is 0 Å². The molecular formula is C17H17N5O. The van der Waals surface area contributed by atoms with Crippen LogP contribution in [0.15, 0.2) is 53.9 Å². The van der Waals surface area contributed by atoms with Crippen molar-refractivity contribution in [2.75, 3.05) is 18.5 Å². The van der Waals surface area contributed by atoms with Crippen LogP contribution in [-0.4, -0.2) is 30.7 Å². The third-order valence-corrected chi connectivity index (χ3v) is 3.20. The minimum atomic E-state index is -0.304. The van der Waals surface area contributed by atoms with Gasteiger partial charge < -0.3 is 4.90 Å². The highest BCUT2D eigenvalue weighted by molar-refractivity contribution is 5.94. The lowest BCUT2D eigenvalue weighted by atomic mass is 10.2. The highest BCUT2D eigenvalue weighted by atomic mass is 16.2. The molecule has 2 aromatic rings. The van der Waals surface area contributed by atoms with Crippen molar-refractivity contribution in [1.82, 2.24) is 10.4 Å². The van der Waals surface area contributed by atoms with Crippen molar-refractivity contribution in [2.45, 2.75) is 6.42 Å². The van der Waals surface area contributed by atoms with E-state index in [0.29, 0.717) is 18.5 Å². The number of aromatic nitrogens is 1. The number of nitrogens with one attached hydrogen (secondary N) is 1. The van der Waals surface area contributed by atoms with Gasteiger partial charge in [-0.1, -0.05) is 12.1 Å². The second-order valence-corrected chi connectivity index (χ2v) is 4.86. The molecule has 116 valence electrons. The number of rotatable bonds is 6. The van der Waals surface area contributed by atoms with Crippen molar-refractivity contribution in [1.29, 1.82) is 5.26 Å². The van der Waals surface area contributed by atoms with Crippen LogP contribution in [0, 0.1) is 11.3 Å². The molecule has 0 fully saturated rings. The van der Waals surface area contributed by atoms with Crippen LogP contribution in [0.2, 0.25) is 0 Å². The van der Waals surface area contributed by atoms with E-state index in [1.807, 2.05) is 36.2 Å². The first-order valence-electron chi connectivity index (χ1n) is 7.12. The molecule has 6 heteroatoms. The molecule has 0 atom stereocenters. The standard InChI is InChI=1S/C17H17N5O/c1-22(11-3-9-18)16-7-5-14(6-8-16)12-20-21-17(23)15-4-2-10-19-13-15/h2,4-8,10,12-13H,3,11H2,1H3,(H,21,23)/b20-12-. The van der Waals surface area contributed by atoms with Crippen LogP contribution >= 0.6 is 0 Å². The summed E-state index contributed by atoms with van der Waals surface area (Å²) >= 11 is 0. The molecule has 1 N–H and O–H groups in total. The zero-order chi connectivity index (χ0) is 16.5.